The molecule has 0 saturated heterocycles. The van der Waals surface area contributed by atoms with Crippen molar-refractivity contribution in [3.63, 3.8) is 0 Å². The van der Waals surface area contributed by atoms with Gasteiger partial charge in [0.2, 0.25) is 0 Å². The average Bonchev–Trinajstić information content (AvgIpc) is 2.35. The Labute approximate surface area is 125 Å². The zero-order chi connectivity index (χ0) is 15.0. The molecule has 0 saturated carbocycles. The van der Waals surface area contributed by atoms with Crippen LogP contribution in [0.5, 0.6) is 5.75 Å². The van der Waals surface area contributed by atoms with Gasteiger partial charge in [-0.05, 0) is 18.2 Å². The summed E-state index contributed by atoms with van der Waals surface area (Å²) < 4.78 is 32.6. The third kappa shape index (κ3) is 7.09. The molecule has 114 valence electrons. The minimum absolute atomic E-state index is 0.00777. The summed E-state index contributed by atoms with van der Waals surface area (Å²) in [6.45, 7) is 2.04. The highest BCUT2D eigenvalue weighted by atomic mass is 35.5. The highest BCUT2D eigenvalue weighted by Gasteiger charge is 2.07. The number of benzene rings is 1. The first-order valence-electron chi connectivity index (χ1n) is 6.21. The van der Waals surface area contributed by atoms with Gasteiger partial charge >= 0.3 is 0 Å². The fraction of sp³-hybridized carbons (Fsp3) is 0.538. The van der Waals surface area contributed by atoms with Crippen molar-refractivity contribution in [3.8, 4) is 5.75 Å². The van der Waals surface area contributed by atoms with Gasteiger partial charge in [-0.25, -0.2) is 8.42 Å². The number of hydrogen-bond donors (Lipinski definition) is 1. The fourth-order valence-electron chi connectivity index (χ4n) is 1.53. The van der Waals surface area contributed by atoms with E-state index < -0.39 is 9.84 Å². The molecule has 0 unspecified atom stereocenters. The van der Waals surface area contributed by atoms with E-state index in [1.165, 1.54) is 6.26 Å². The van der Waals surface area contributed by atoms with E-state index in [1.54, 1.807) is 25.3 Å². The number of halogens is 1. The standard InChI is InChI=1S/C13H20ClNO4S/c1-18-6-5-15-10-11-9-12(14)3-4-13(11)19-7-8-20(2,16)17/h3-4,9,15H,5-8,10H2,1-2H3. The van der Waals surface area contributed by atoms with Gasteiger partial charge in [-0.3, -0.25) is 0 Å². The molecule has 0 spiro atoms. The summed E-state index contributed by atoms with van der Waals surface area (Å²) in [7, 11) is -1.38. The average molecular weight is 322 g/mol. The summed E-state index contributed by atoms with van der Waals surface area (Å²) in [5, 5.41) is 3.81. The topological polar surface area (TPSA) is 64.6 Å². The van der Waals surface area contributed by atoms with Crippen molar-refractivity contribution in [2.75, 3.05) is 38.9 Å². The summed E-state index contributed by atoms with van der Waals surface area (Å²) in [5.74, 6) is 0.634. The second-order valence-corrected chi connectivity index (χ2v) is 7.10. The van der Waals surface area contributed by atoms with Crippen LogP contribution in [-0.4, -0.2) is 47.3 Å². The Kier molecular flexibility index (Phi) is 7.29. The maximum atomic E-state index is 11.1. The fourth-order valence-corrected chi connectivity index (χ4v) is 2.11. The van der Waals surface area contributed by atoms with E-state index in [0.717, 1.165) is 5.56 Å². The lowest BCUT2D eigenvalue weighted by Gasteiger charge is -2.12. The zero-order valence-electron chi connectivity index (χ0n) is 11.7. The molecule has 0 aliphatic rings. The SMILES string of the molecule is COCCNCc1cc(Cl)ccc1OCCS(C)(=O)=O. The first-order valence-corrected chi connectivity index (χ1v) is 8.65. The van der Waals surface area contributed by atoms with E-state index in [4.69, 9.17) is 21.1 Å². The van der Waals surface area contributed by atoms with E-state index in [2.05, 4.69) is 5.32 Å². The predicted molar refractivity (Wildman–Crippen MR) is 80.2 cm³/mol. The van der Waals surface area contributed by atoms with Gasteiger partial charge in [0, 0.05) is 37.0 Å². The van der Waals surface area contributed by atoms with E-state index in [0.29, 0.717) is 30.5 Å². The van der Waals surface area contributed by atoms with Crippen LogP contribution in [0, 0.1) is 0 Å². The quantitative estimate of drug-likeness (QED) is 0.698. The van der Waals surface area contributed by atoms with Crippen LogP contribution in [0.15, 0.2) is 18.2 Å². The van der Waals surface area contributed by atoms with Gasteiger partial charge in [0.25, 0.3) is 0 Å². The molecule has 0 radical (unpaired) electrons. The van der Waals surface area contributed by atoms with Gasteiger partial charge in [-0.2, -0.15) is 0 Å². The molecular weight excluding hydrogens is 302 g/mol. The van der Waals surface area contributed by atoms with Crippen LogP contribution in [0.4, 0.5) is 0 Å². The normalized spacial score (nSPS) is 11.6. The van der Waals surface area contributed by atoms with E-state index in [1.807, 2.05) is 0 Å². The first kappa shape index (κ1) is 17.2. The van der Waals surface area contributed by atoms with Crippen LogP contribution in [0.3, 0.4) is 0 Å². The molecule has 1 aromatic rings. The van der Waals surface area contributed by atoms with E-state index >= 15 is 0 Å². The van der Waals surface area contributed by atoms with Crippen LogP contribution >= 0.6 is 11.6 Å². The summed E-state index contributed by atoms with van der Waals surface area (Å²) in [4.78, 5) is 0. The lowest BCUT2D eigenvalue weighted by Crippen LogP contribution is -2.19. The van der Waals surface area contributed by atoms with Crippen molar-refractivity contribution in [3.05, 3.63) is 28.8 Å². The van der Waals surface area contributed by atoms with Gasteiger partial charge in [0.1, 0.15) is 12.4 Å². The second kappa shape index (κ2) is 8.46. The Morgan fingerprint density at radius 1 is 1.30 bits per heavy atom. The Bertz CT molecular complexity index is 519. The van der Waals surface area contributed by atoms with E-state index in [-0.39, 0.29) is 12.4 Å². The largest absolute Gasteiger partial charge is 0.492 e. The number of methoxy groups -OCH3 is 1. The van der Waals surface area contributed by atoms with Crippen molar-refractivity contribution in [1.29, 1.82) is 0 Å². The molecule has 0 fully saturated rings. The second-order valence-electron chi connectivity index (χ2n) is 4.40. The van der Waals surface area contributed by atoms with Crippen LogP contribution in [-0.2, 0) is 21.1 Å². The molecule has 0 bridgehead atoms. The van der Waals surface area contributed by atoms with Gasteiger partial charge in [-0.15, -0.1) is 0 Å². The highest BCUT2D eigenvalue weighted by Crippen LogP contribution is 2.22. The first-order chi connectivity index (χ1) is 9.42. The van der Waals surface area contributed by atoms with Gasteiger partial charge < -0.3 is 14.8 Å². The number of nitrogens with one attached hydrogen (secondary N) is 1. The van der Waals surface area contributed by atoms with Crippen LogP contribution in [0.1, 0.15) is 5.56 Å². The molecule has 1 N–H and O–H groups in total. The Morgan fingerprint density at radius 2 is 2.05 bits per heavy atom. The molecule has 0 aliphatic carbocycles. The number of hydrogen-bond acceptors (Lipinski definition) is 5. The molecule has 0 heterocycles. The molecular formula is C13H20ClNO4S. The summed E-state index contributed by atoms with van der Waals surface area (Å²) in [5.41, 5.74) is 0.891. The van der Waals surface area contributed by atoms with Gasteiger partial charge in [0.15, 0.2) is 9.84 Å². The monoisotopic (exact) mass is 321 g/mol. The molecule has 0 aliphatic heterocycles. The van der Waals surface area contributed by atoms with Crippen molar-refractivity contribution >= 4 is 21.4 Å². The molecule has 0 aromatic heterocycles. The molecule has 0 amide bonds. The molecule has 7 heteroatoms. The smallest absolute Gasteiger partial charge is 0.150 e. The van der Waals surface area contributed by atoms with Crippen LogP contribution < -0.4 is 10.1 Å². The third-order valence-corrected chi connectivity index (χ3v) is 3.68. The zero-order valence-corrected chi connectivity index (χ0v) is 13.3. The van der Waals surface area contributed by atoms with Crippen molar-refractivity contribution in [1.82, 2.24) is 5.32 Å². The maximum Gasteiger partial charge on any atom is 0.150 e. The lowest BCUT2D eigenvalue weighted by atomic mass is 10.2. The van der Waals surface area contributed by atoms with Crippen molar-refractivity contribution in [2.24, 2.45) is 0 Å². The Morgan fingerprint density at radius 3 is 2.70 bits per heavy atom. The summed E-state index contributed by atoms with van der Waals surface area (Å²) in [6.07, 6.45) is 1.19. The minimum Gasteiger partial charge on any atom is -0.492 e. The van der Waals surface area contributed by atoms with Gasteiger partial charge in [0.05, 0.1) is 12.4 Å². The number of sulfone groups is 1. The summed E-state index contributed by atoms with van der Waals surface area (Å²) in [6, 6.07) is 5.27. The third-order valence-electron chi connectivity index (χ3n) is 2.53. The van der Waals surface area contributed by atoms with E-state index in [9.17, 15) is 8.42 Å². The molecule has 0 atom stereocenters. The summed E-state index contributed by atoms with van der Waals surface area (Å²) >= 11 is 5.96. The minimum atomic E-state index is -3.02. The molecule has 5 nitrogen and oxygen atoms in total. The van der Waals surface area contributed by atoms with Crippen molar-refractivity contribution < 1.29 is 17.9 Å². The predicted octanol–water partition coefficient (Wildman–Crippen LogP) is 1.50. The number of ether oxygens (including phenoxy) is 2. The molecule has 1 aromatic carbocycles. The number of rotatable bonds is 9. The molecule has 20 heavy (non-hydrogen) atoms. The Balaban J connectivity index is 2.60. The van der Waals surface area contributed by atoms with Crippen LogP contribution in [0.25, 0.3) is 0 Å². The Hall–Kier alpha value is -0.820. The maximum absolute atomic E-state index is 11.1. The molecule has 1 rings (SSSR count). The van der Waals surface area contributed by atoms with Crippen LogP contribution in [0.2, 0.25) is 5.02 Å². The van der Waals surface area contributed by atoms with Crippen molar-refractivity contribution in [2.45, 2.75) is 6.54 Å². The highest BCUT2D eigenvalue weighted by molar-refractivity contribution is 7.90. The lowest BCUT2D eigenvalue weighted by molar-refractivity contribution is 0.199. The van der Waals surface area contributed by atoms with Gasteiger partial charge in [-0.1, -0.05) is 11.6 Å².